The summed E-state index contributed by atoms with van der Waals surface area (Å²) in [6.07, 6.45) is 7.04. The number of aliphatic imine (C=N–C) groups is 1. The van der Waals surface area contributed by atoms with E-state index < -0.39 is 64.7 Å². The standard InChI is InChI=1S/C49H66N8O9/c1-12-33(40(50-14-3)30(7)64-11)42-35-25-48(8,9)28-66-46(61)36-17-16-21-57(53-36)45(60)37(24-32-26-65-44(51-32)31-18-19-38(34(35)23-31)56(42)15-4)52-43(59)41(29(5)6)54(10)47(62)49(63)20-22-55(27-49)39(58)13-2/h12-14,18-19,23,26,29-30,36-37,41,53,63H,1-2,15-17,20-22,24-25,27-28H2,3-11H3,(H,52,59)/b40-33+,50-14-/t30-,36-,37-,41-,49?/m0/s1. The minimum Gasteiger partial charge on any atom is -0.464 e. The number of likely N-dealkylation sites (tertiary alicyclic amines) is 1. The molecular weight excluding hydrogens is 845 g/mol. The van der Waals surface area contributed by atoms with Gasteiger partial charge >= 0.3 is 5.97 Å². The number of cyclic esters (lactones) is 1. The number of aryl methyl sites for hydroxylation is 1. The van der Waals surface area contributed by atoms with E-state index in [0.717, 1.165) is 33.8 Å². The molecule has 1 aromatic carbocycles. The third-order valence-electron chi connectivity index (χ3n) is 12.8. The zero-order valence-corrected chi connectivity index (χ0v) is 39.8. The lowest BCUT2D eigenvalue weighted by Crippen LogP contribution is -2.63. The summed E-state index contributed by atoms with van der Waals surface area (Å²) < 4.78 is 20.2. The summed E-state index contributed by atoms with van der Waals surface area (Å²) in [7, 11) is 3.07. The first kappa shape index (κ1) is 49.5. The number of methoxy groups -OCH3 is 1. The summed E-state index contributed by atoms with van der Waals surface area (Å²) in [6.45, 7) is 22.0. The molecule has 0 spiro atoms. The highest BCUT2D eigenvalue weighted by atomic mass is 16.5. The summed E-state index contributed by atoms with van der Waals surface area (Å²) in [4.78, 5) is 81.2. The number of carbonyl (C=O) groups is 5. The van der Waals surface area contributed by atoms with Crippen molar-refractivity contribution >= 4 is 52.3 Å². The van der Waals surface area contributed by atoms with Crippen molar-refractivity contribution < 1.29 is 43.0 Å². The third kappa shape index (κ3) is 10.1. The van der Waals surface area contributed by atoms with Gasteiger partial charge in [-0.25, -0.2) is 10.4 Å². The van der Waals surface area contributed by atoms with Crippen molar-refractivity contribution in [2.45, 2.75) is 117 Å². The minimum absolute atomic E-state index is 0.0189. The maximum absolute atomic E-state index is 14.6. The summed E-state index contributed by atoms with van der Waals surface area (Å²) in [5.41, 5.74) is 6.00. The molecule has 2 saturated heterocycles. The van der Waals surface area contributed by atoms with E-state index in [0.29, 0.717) is 48.7 Å². The predicted octanol–water partition coefficient (Wildman–Crippen LogP) is 4.62. The monoisotopic (exact) mass is 910 g/mol. The molecule has 6 bridgehead atoms. The average molecular weight is 911 g/mol. The van der Waals surface area contributed by atoms with Gasteiger partial charge in [0.2, 0.25) is 17.7 Å². The largest absolute Gasteiger partial charge is 0.464 e. The first-order chi connectivity index (χ1) is 31.3. The number of nitrogens with one attached hydrogen (secondary N) is 2. The minimum atomic E-state index is -1.92. The van der Waals surface area contributed by atoms with Gasteiger partial charge in [-0.15, -0.1) is 0 Å². The Hall–Kier alpha value is -5.91. The van der Waals surface area contributed by atoms with Crippen LogP contribution in [0.15, 0.2) is 64.9 Å². The van der Waals surface area contributed by atoms with Crippen molar-refractivity contribution in [1.29, 1.82) is 0 Å². The van der Waals surface area contributed by atoms with Gasteiger partial charge in [0.15, 0.2) is 5.60 Å². The number of hydrogen-bond donors (Lipinski definition) is 3. The molecule has 3 aliphatic heterocycles. The van der Waals surface area contributed by atoms with E-state index in [-0.39, 0.29) is 45.2 Å². The Morgan fingerprint density at radius 1 is 1.17 bits per heavy atom. The Bertz CT molecular complexity index is 2430. The quantitative estimate of drug-likeness (QED) is 0.0992. The van der Waals surface area contributed by atoms with Gasteiger partial charge in [-0.2, -0.15) is 0 Å². The second kappa shape index (κ2) is 20.3. The Labute approximate surface area is 386 Å². The van der Waals surface area contributed by atoms with E-state index in [1.54, 1.807) is 27.2 Å². The first-order valence-electron chi connectivity index (χ1n) is 22.8. The molecule has 2 aromatic heterocycles. The first-order valence-corrected chi connectivity index (χ1v) is 22.8. The van der Waals surface area contributed by atoms with Crippen LogP contribution in [0.5, 0.6) is 0 Å². The van der Waals surface area contributed by atoms with Gasteiger partial charge in [0, 0.05) is 80.3 Å². The number of likely N-dealkylation sites (N-methyl/N-ethyl adjacent to an activating group) is 1. The average Bonchev–Trinajstić information content (AvgIpc) is 4.02. The molecule has 5 heterocycles. The number of hydrogen-bond acceptors (Lipinski definition) is 12. The van der Waals surface area contributed by atoms with Crippen LogP contribution in [0.25, 0.3) is 27.9 Å². The SMILES string of the molecule is C=CC(=O)N1CCC(O)(C(=O)N(C)[C@H](C(=O)N[C@H]2Cc3coc(n3)-c3ccc4c(c3)c(c(/C(C=C)=C(/N=C\C)[C@H](C)OC)n4CC)CC(C)(C)COC(=O)[C@@H]3CCCN(N3)C2=O)C(C)C)C1. The highest BCUT2D eigenvalue weighted by Gasteiger charge is 2.48. The van der Waals surface area contributed by atoms with Crippen LogP contribution in [0.3, 0.4) is 0 Å². The molecule has 5 atom stereocenters. The number of hydrazine groups is 1. The number of aliphatic hydroxyl groups is 1. The van der Waals surface area contributed by atoms with Crippen LogP contribution < -0.4 is 10.7 Å². The number of β-amino-alcohol motifs (C(OH)–C–C–N with tert-alkyl or cyclic N) is 1. The summed E-state index contributed by atoms with van der Waals surface area (Å²) in [6, 6.07) is 2.77. The van der Waals surface area contributed by atoms with Crippen LogP contribution in [0.1, 0.15) is 84.7 Å². The zero-order chi connectivity index (χ0) is 48.2. The van der Waals surface area contributed by atoms with Crippen LogP contribution >= 0.6 is 0 Å². The smallest absolute Gasteiger partial charge is 0.324 e. The van der Waals surface area contributed by atoms with Crippen molar-refractivity contribution in [3.05, 3.63) is 72.4 Å². The Morgan fingerprint density at radius 2 is 1.91 bits per heavy atom. The normalized spacial score (nSPS) is 22.7. The maximum Gasteiger partial charge on any atom is 0.324 e. The van der Waals surface area contributed by atoms with E-state index in [2.05, 4.69) is 35.4 Å². The maximum atomic E-state index is 14.6. The molecule has 4 amide bonds. The van der Waals surface area contributed by atoms with Gasteiger partial charge in [0.1, 0.15) is 24.4 Å². The van der Waals surface area contributed by atoms with Crippen LogP contribution in [0.4, 0.5) is 0 Å². The molecule has 17 heteroatoms. The lowest BCUT2D eigenvalue weighted by atomic mass is 9.84. The number of esters is 1. The molecule has 66 heavy (non-hydrogen) atoms. The second-order valence-corrected chi connectivity index (χ2v) is 18.6. The predicted molar refractivity (Wildman–Crippen MR) is 251 cm³/mol. The highest BCUT2D eigenvalue weighted by molar-refractivity contribution is 5.97. The third-order valence-corrected chi connectivity index (χ3v) is 12.8. The molecule has 17 nitrogen and oxygen atoms in total. The van der Waals surface area contributed by atoms with E-state index in [1.165, 1.54) is 28.1 Å². The highest BCUT2D eigenvalue weighted by Crippen LogP contribution is 2.40. The van der Waals surface area contributed by atoms with Crippen molar-refractivity contribution in [2.75, 3.05) is 40.4 Å². The Balaban J connectivity index is 1.43. The van der Waals surface area contributed by atoms with Crippen molar-refractivity contribution in [1.82, 2.24) is 35.1 Å². The van der Waals surface area contributed by atoms with Crippen LogP contribution in [0, 0.1) is 11.3 Å². The van der Waals surface area contributed by atoms with E-state index in [4.69, 9.17) is 23.9 Å². The number of allylic oxidation sites excluding steroid dienone is 2. The molecular formula is C49H66N8O9. The number of fused-ring (bicyclic) bond motifs is 6. The molecule has 3 aromatic rings. The summed E-state index contributed by atoms with van der Waals surface area (Å²) in [5.74, 6) is -3.00. The zero-order valence-electron chi connectivity index (χ0n) is 39.8. The Kier molecular flexibility index (Phi) is 15.2. The van der Waals surface area contributed by atoms with Gasteiger partial charge in [0.25, 0.3) is 11.8 Å². The summed E-state index contributed by atoms with van der Waals surface area (Å²) in [5, 5.41) is 16.6. The van der Waals surface area contributed by atoms with Gasteiger partial charge in [0.05, 0.1) is 36.3 Å². The van der Waals surface area contributed by atoms with E-state index >= 15 is 0 Å². The number of benzene rings is 1. The molecule has 0 aliphatic carbocycles. The fourth-order valence-electron chi connectivity index (χ4n) is 9.40. The number of oxazole rings is 1. The lowest BCUT2D eigenvalue weighted by molar-refractivity contribution is -0.156. The second-order valence-electron chi connectivity index (χ2n) is 18.6. The van der Waals surface area contributed by atoms with Crippen LogP contribution in [-0.2, 0) is 52.8 Å². The van der Waals surface area contributed by atoms with Crippen LogP contribution in [-0.4, -0.2) is 136 Å². The van der Waals surface area contributed by atoms with E-state index in [1.807, 2.05) is 52.0 Å². The van der Waals surface area contributed by atoms with Crippen molar-refractivity contribution in [2.24, 2.45) is 16.3 Å². The van der Waals surface area contributed by atoms with E-state index in [9.17, 15) is 29.1 Å². The number of aromatic nitrogens is 2. The van der Waals surface area contributed by atoms with Crippen molar-refractivity contribution in [3.8, 4) is 11.5 Å². The molecule has 356 valence electrons. The topological polar surface area (TPSA) is 201 Å². The van der Waals surface area contributed by atoms with Gasteiger partial charge in [-0.3, -0.25) is 34.0 Å². The fraction of sp³-hybridized carbons (Fsp3) is 0.531. The molecule has 3 aliphatic rings. The van der Waals surface area contributed by atoms with Crippen molar-refractivity contribution in [3.63, 3.8) is 0 Å². The summed E-state index contributed by atoms with van der Waals surface area (Å²) >= 11 is 0. The molecule has 0 radical (unpaired) electrons. The lowest BCUT2D eigenvalue weighted by Gasteiger charge is -2.37. The number of ether oxygens (including phenoxy) is 2. The van der Waals surface area contributed by atoms with Gasteiger partial charge in [-0.05, 0) is 75.8 Å². The molecule has 2 fully saturated rings. The number of rotatable bonds is 12. The van der Waals surface area contributed by atoms with Gasteiger partial charge < -0.3 is 38.7 Å². The Morgan fingerprint density at radius 3 is 2.56 bits per heavy atom. The molecule has 3 N–H and O–H groups in total. The van der Waals surface area contributed by atoms with Crippen LogP contribution in [0.2, 0.25) is 0 Å². The fourth-order valence-corrected chi connectivity index (χ4v) is 9.40. The number of nitrogens with zero attached hydrogens (tertiary/aromatic N) is 6. The number of carbonyl (C=O) groups excluding carboxylic acids is 5. The van der Waals surface area contributed by atoms with Gasteiger partial charge in [-0.1, -0.05) is 46.9 Å². The molecule has 1 unspecified atom stereocenters. The molecule has 0 saturated carbocycles. The number of amides is 4. The molecule has 6 rings (SSSR count).